The first-order chi connectivity index (χ1) is 8.47. The van der Waals surface area contributed by atoms with Crippen LogP contribution in [-0.4, -0.2) is 41.5 Å². The van der Waals surface area contributed by atoms with Crippen molar-refractivity contribution in [3.8, 4) is 0 Å². The lowest BCUT2D eigenvalue weighted by Crippen LogP contribution is -2.44. The van der Waals surface area contributed by atoms with Gasteiger partial charge in [0.05, 0.1) is 17.5 Å². The number of amides is 1. The third kappa shape index (κ3) is 5.44. The fraction of sp³-hybridized carbons (Fsp3) is 0.750. The molecule has 0 saturated carbocycles. The molecular weight excluding hydrogens is 252 g/mol. The summed E-state index contributed by atoms with van der Waals surface area (Å²) in [5.41, 5.74) is 5.54. The van der Waals surface area contributed by atoms with E-state index in [4.69, 9.17) is 22.7 Å². The normalized spacial score (nSPS) is 11.7. The maximum absolute atomic E-state index is 12.2. The van der Waals surface area contributed by atoms with Gasteiger partial charge in [-0.1, -0.05) is 26.1 Å². The first kappa shape index (κ1) is 16.8. The Morgan fingerprint density at radius 1 is 1.33 bits per heavy atom. The van der Waals surface area contributed by atoms with Crippen LogP contribution in [-0.2, 0) is 14.3 Å². The molecule has 0 fully saturated rings. The van der Waals surface area contributed by atoms with E-state index in [0.717, 1.165) is 6.42 Å². The Kier molecular flexibility index (Phi) is 8.28. The minimum absolute atomic E-state index is 0.0420. The van der Waals surface area contributed by atoms with Crippen LogP contribution >= 0.6 is 12.2 Å². The Hall–Kier alpha value is -1.17. The van der Waals surface area contributed by atoms with Crippen molar-refractivity contribution in [3.63, 3.8) is 0 Å². The zero-order valence-electron chi connectivity index (χ0n) is 11.3. The Morgan fingerprint density at radius 2 is 1.94 bits per heavy atom. The molecule has 0 aromatic carbocycles. The van der Waals surface area contributed by atoms with E-state index in [0.29, 0.717) is 19.6 Å². The van der Waals surface area contributed by atoms with E-state index >= 15 is 0 Å². The van der Waals surface area contributed by atoms with E-state index in [1.807, 2.05) is 13.8 Å². The summed E-state index contributed by atoms with van der Waals surface area (Å²) in [5.74, 6) is -1.10. The van der Waals surface area contributed by atoms with E-state index in [1.54, 1.807) is 6.92 Å². The highest BCUT2D eigenvalue weighted by Gasteiger charge is 2.26. The molecule has 0 spiro atoms. The number of rotatable bonds is 8. The summed E-state index contributed by atoms with van der Waals surface area (Å²) in [4.78, 5) is 25.3. The maximum atomic E-state index is 12.2. The Labute approximate surface area is 114 Å². The van der Waals surface area contributed by atoms with Crippen LogP contribution in [0, 0.1) is 5.92 Å². The average molecular weight is 274 g/mol. The van der Waals surface area contributed by atoms with Crippen LogP contribution < -0.4 is 5.73 Å². The lowest BCUT2D eigenvalue weighted by Gasteiger charge is -2.25. The fourth-order valence-electron chi connectivity index (χ4n) is 1.62. The quantitative estimate of drug-likeness (QED) is 0.530. The van der Waals surface area contributed by atoms with Gasteiger partial charge in [0.2, 0.25) is 5.91 Å². The van der Waals surface area contributed by atoms with Crippen molar-refractivity contribution in [2.24, 2.45) is 11.7 Å². The second-order valence-corrected chi connectivity index (χ2v) is 4.40. The summed E-state index contributed by atoms with van der Waals surface area (Å²) in [6.45, 7) is 6.27. The summed E-state index contributed by atoms with van der Waals surface area (Å²) in [6, 6.07) is 0. The zero-order chi connectivity index (χ0) is 14.1. The lowest BCUT2D eigenvalue weighted by molar-refractivity contribution is -0.149. The molecule has 2 N–H and O–H groups in total. The standard InChI is InChI=1S/C12H22N2O3S/c1-4-7-14(8-10(15)17-6-3)12(16)9(5-2)11(13)18/h9H,4-8H2,1-3H3,(H2,13,18). The first-order valence-electron chi connectivity index (χ1n) is 6.21. The van der Waals surface area contributed by atoms with Crippen molar-refractivity contribution in [2.75, 3.05) is 19.7 Å². The molecule has 0 aliphatic heterocycles. The number of carbonyl (C=O) groups excluding carboxylic acids is 2. The van der Waals surface area contributed by atoms with Gasteiger partial charge in [-0.25, -0.2) is 0 Å². The molecule has 6 heteroatoms. The van der Waals surface area contributed by atoms with Gasteiger partial charge < -0.3 is 15.4 Å². The number of hydrogen-bond donors (Lipinski definition) is 1. The zero-order valence-corrected chi connectivity index (χ0v) is 12.1. The van der Waals surface area contributed by atoms with Gasteiger partial charge in [-0.15, -0.1) is 0 Å². The summed E-state index contributed by atoms with van der Waals surface area (Å²) in [5, 5.41) is 0. The number of thiocarbonyl (C=S) groups is 1. The predicted molar refractivity (Wildman–Crippen MR) is 74.1 cm³/mol. The first-order valence-corrected chi connectivity index (χ1v) is 6.62. The lowest BCUT2D eigenvalue weighted by atomic mass is 10.0. The van der Waals surface area contributed by atoms with Crippen molar-refractivity contribution in [1.29, 1.82) is 0 Å². The molecule has 0 rings (SSSR count). The average Bonchev–Trinajstić information content (AvgIpc) is 2.29. The van der Waals surface area contributed by atoms with E-state index < -0.39 is 11.9 Å². The van der Waals surface area contributed by atoms with Gasteiger partial charge in [0.1, 0.15) is 6.54 Å². The van der Waals surface area contributed by atoms with Gasteiger partial charge in [-0.3, -0.25) is 9.59 Å². The minimum atomic E-state index is -0.499. The van der Waals surface area contributed by atoms with E-state index in [-0.39, 0.29) is 17.4 Å². The SMILES string of the molecule is CCCN(CC(=O)OCC)C(=O)C(CC)C(N)=S. The molecule has 1 amide bonds. The van der Waals surface area contributed by atoms with Crippen LogP contribution in [0.4, 0.5) is 0 Å². The van der Waals surface area contributed by atoms with E-state index in [1.165, 1.54) is 4.90 Å². The van der Waals surface area contributed by atoms with Crippen molar-refractivity contribution in [3.05, 3.63) is 0 Å². The van der Waals surface area contributed by atoms with Crippen molar-refractivity contribution in [2.45, 2.75) is 33.6 Å². The minimum Gasteiger partial charge on any atom is -0.465 e. The second kappa shape index (κ2) is 8.85. The molecular formula is C12H22N2O3S. The van der Waals surface area contributed by atoms with Crippen LogP contribution in [0.2, 0.25) is 0 Å². The molecule has 0 radical (unpaired) electrons. The summed E-state index contributed by atoms with van der Waals surface area (Å²) < 4.78 is 4.85. The number of nitrogens with zero attached hydrogens (tertiary/aromatic N) is 1. The number of esters is 1. The molecule has 1 atom stereocenters. The third-order valence-corrected chi connectivity index (χ3v) is 2.76. The van der Waals surface area contributed by atoms with E-state index in [9.17, 15) is 9.59 Å². The van der Waals surface area contributed by atoms with Crippen LogP contribution in [0.3, 0.4) is 0 Å². The Morgan fingerprint density at radius 3 is 2.33 bits per heavy atom. The topological polar surface area (TPSA) is 72.6 Å². The van der Waals surface area contributed by atoms with Gasteiger partial charge >= 0.3 is 5.97 Å². The van der Waals surface area contributed by atoms with Crippen LogP contribution in [0.15, 0.2) is 0 Å². The van der Waals surface area contributed by atoms with Gasteiger partial charge in [0.25, 0.3) is 0 Å². The third-order valence-electron chi connectivity index (χ3n) is 2.48. The molecule has 0 aromatic rings. The van der Waals surface area contributed by atoms with E-state index in [2.05, 4.69) is 0 Å². The maximum Gasteiger partial charge on any atom is 0.325 e. The number of ether oxygens (including phenoxy) is 1. The van der Waals surface area contributed by atoms with Crippen LogP contribution in [0.1, 0.15) is 33.6 Å². The highest BCUT2D eigenvalue weighted by molar-refractivity contribution is 7.80. The second-order valence-electron chi connectivity index (χ2n) is 3.93. The molecule has 5 nitrogen and oxygen atoms in total. The highest BCUT2D eigenvalue weighted by atomic mass is 32.1. The smallest absolute Gasteiger partial charge is 0.325 e. The molecule has 0 heterocycles. The molecule has 0 aliphatic carbocycles. The Bertz CT molecular complexity index is 308. The van der Waals surface area contributed by atoms with Gasteiger partial charge in [-0.05, 0) is 19.8 Å². The molecule has 0 bridgehead atoms. The predicted octanol–water partition coefficient (Wildman–Crippen LogP) is 1.10. The number of carbonyl (C=O) groups is 2. The molecule has 0 saturated heterocycles. The van der Waals surface area contributed by atoms with Gasteiger partial charge in [-0.2, -0.15) is 0 Å². The molecule has 1 unspecified atom stereocenters. The van der Waals surface area contributed by atoms with Crippen molar-refractivity contribution in [1.82, 2.24) is 4.90 Å². The number of hydrogen-bond acceptors (Lipinski definition) is 4. The highest BCUT2D eigenvalue weighted by Crippen LogP contribution is 2.09. The fourth-order valence-corrected chi connectivity index (χ4v) is 1.88. The molecule has 0 aromatic heterocycles. The summed E-state index contributed by atoms with van der Waals surface area (Å²) in [6.07, 6.45) is 1.30. The largest absolute Gasteiger partial charge is 0.465 e. The van der Waals surface area contributed by atoms with Crippen molar-refractivity contribution >= 4 is 29.1 Å². The van der Waals surface area contributed by atoms with Gasteiger partial charge in [0, 0.05) is 6.54 Å². The summed E-state index contributed by atoms with van der Waals surface area (Å²) in [7, 11) is 0. The monoisotopic (exact) mass is 274 g/mol. The van der Waals surface area contributed by atoms with Gasteiger partial charge in [0.15, 0.2) is 0 Å². The molecule has 0 aliphatic rings. The summed E-state index contributed by atoms with van der Waals surface area (Å²) >= 11 is 4.87. The van der Waals surface area contributed by atoms with Crippen LogP contribution in [0.5, 0.6) is 0 Å². The Balaban J connectivity index is 4.71. The van der Waals surface area contributed by atoms with Crippen LogP contribution in [0.25, 0.3) is 0 Å². The molecule has 18 heavy (non-hydrogen) atoms. The number of nitrogens with two attached hydrogens (primary N) is 1. The molecule has 104 valence electrons. The van der Waals surface area contributed by atoms with Crippen molar-refractivity contribution < 1.29 is 14.3 Å².